The van der Waals surface area contributed by atoms with Gasteiger partial charge in [-0.2, -0.15) is 18.3 Å². The molecule has 1 aromatic heterocycles. The van der Waals surface area contributed by atoms with Crippen LogP contribution in [-0.2, 0) is 17.9 Å². The molecule has 0 aliphatic heterocycles. The minimum atomic E-state index is -4.39. The summed E-state index contributed by atoms with van der Waals surface area (Å²) in [4.78, 5) is 12.3. The molecule has 0 fully saturated rings. The summed E-state index contributed by atoms with van der Waals surface area (Å²) in [6.07, 6.45) is 0.137. The van der Waals surface area contributed by atoms with Crippen LogP contribution in [0.3, 0.4) is 0 Å². The minimum absolute atomic E-state index is 0.196. The van der Waals surface area contributed by atoms with Crippen LogP contribution in [0.4, 0.5) is 13.2 Å². The number of ketones is 1. The van der Waals surface area contributed by atoms with Crippen LogP contribution in [0.1, 0.15) is 34.1 Å². The lowest BCUT2D eigenvalue weighted by molar-refractivity contribution is -0.176. The van der Waals surface area contributed by atoms with E-state index >= 15 is 0 Å². The highest BCUT2D eigenvalue weighted by atomic mass is 19.4. The van der Waals surface area contributed by atoms with E-state index in [0.29, 0.717) is 29.0 Å². The standard InChI is InChI=1S/C19H21F3N2O3/c1-4-24-13(2)16(10-23-24)17(25)7-5-14-6-8-18(26-3)15(9-14)11-27-12-19(20,21)22/h5-10H,4,11-12H2,1-3H3/b7-5+. The number of ether oxygens (including phenoxy) is 2. The zero-order valence-corrected chi connectivity index (χ0v) is 15.3. The number of nitrogens with zero attached hydrogens (tertiary/aromatic N) is 2. The first kappa shape index (κ1) is 20.7. The first-order valence-electron chi connectivity index (χ1n) is 8.31. The molecule has 0 unspecified atom stereocenters. The van der Waals surface area contributed by atoms with Crippen LogP contribution in [0.5, 0.6) is 5.75 Å². The highest BCUT2D eigenvalue weighted by Crippen LogP contribution is 2.23. The molecule has 0 N–H and O–H groups in total. The second kappa shape index (κ2) is 8.85. The van der Waals surface area contributed by atoms with Gasteiger partial charge in [0.05, 0.1) is 25.5 Å². The topological polar surface area (TPSA) is 53.4 Å². The number of aromatic nitrogens is 2. The number of allylic oxidation sites excluding steroid dienone is 1. The van der Waals surface area contributed by atoms with Gasteiger partial charge in [-0.1, -0.05) is 12.1 Å². The molecule has 1 aromatic carbocycles. The number of rotatable bonds is 8. The molecule has 0 bridgehead atoms. The number of benzene rings is 1. The van der Waals surface area contributed by atoms with Crippen molar-refractivity contribution < 1.29 is 27.4 Å². The first-order valence-corrected chi connectivity index (χ1v) is 8.31. The van der Waals surface area contributed by atoms with Gasteiger partial charge in [-0.15, -0.1) is 0 Å². The summed E-state index contributed by atoms with van der Waals surface area (Å²) in [6.45, 7) is 2.84. The molecule has 2 aromatic rings. The second-order valence-electron chi connectivity index (χ2n) is 5.84. The fourth-order valence-electron chi connectivity index (χ4n) is 2.56. The Hall–Kier alpha value is -2.61. The van der Waals surface area contributed by atoms with Crippen molar-refractivity contribution in [1.29, 1.82) is 0 Å². The normalized spacial score (nSPS) is 11.9. The summed E-state index contributed by atoms with van der Waals surface area (Å²) in [5.41, 5.74) is 2.40. The summed E-state index contributed by atoms with van der Waals surface area (Å²) in [5.74, 6) is 0.221. The van der Waals surface area contributed by atoms with E-state index in [2.05, 4.69) is 5.10 Å². The summed E-state index contributed by atoms with van der Waals surface area (Å²) >= 11 is 0. The number of carbonyl (C=O) groups is 1. The van der Waals surface area contributed by atoms with Crippen molar-refractivity contribution >= 4 is 11.9 Å². The molecule has 5 nitrogen and oxygen atoms in total. The first-order chi connectivity index (χ1) is 12.7. The zero-order chi connectivity index (χ0) is 20.0. The Balaban J connectivity index is 2.13. The maximum Gasteiger partial charge on any atom is 0.411 e. The molecule has 1 heterocycles. The lowest BCUT2D eigenvalue weighted by Crippen LogP contribution is -2.16. The predicted molar refractivity (Wildman–Crippen MR) is 94.7 cm³/mol. The molecule has 0 amide bonds. The van der Waals surface area contributed by atoms with Gasteiger partial charge in [0.15, 0.2) is 5.78 Å². The highest BCUT2D eigenvalue weighted by Gasteiger charge is 2.27. The third kappa shape index (κ3) is 5.68. The van der Waals surface area contributed by atoms with Crippen molar-refractivity contribution in [3.63, 3.8) is 0 Å². The number of aryl methyl sites for hydroxylation is 1. The van der Waals surface area contributed by atoms with E-state index in [-0.39, 0.29) is 12.4 Å². The Morgan fingerprint density at radius 1 is 1.33 bits per heavy atom. The monoisotopic (exact) mass is 382 g/mol. The molecule has 0 aliphatic carbocycles. The van der Waals surface area contributed by atoms with Gasteiger partial charge in [-0.05, 0) is 37.6 Å². The van der Waals surface area contributed by atoms with Crippen LogP contribution in [0.15, 0.2) is 30.5 Å². The van der Waals surface area contributed by atoms with Gasteiger partial charge in [0.1, 0.15) is 12.4 Å². The lowest BCUT2D eigenvalue weighted by atomic mass is 10.1. The maximum atomic E-state index is 12.3. The fourth-order valence-corrected chi connectivity index (χ4v) is 2.56. The van der Waals surface area contributed by atoms with Gasteiger partial charge < -0.3 is 9.47 Å². The smallest absolute Gasteiger partial charge is 0.411 e. The number of methoxy groups -OCH3 is 1. The van der Waals surface area contributed by atoms with E-state index in [1.54, 1.807) is 29.0 Å². The molecule has 0 aliphatic rings. The molecule has 8 heteroatoms. The summed E-state index contributed by atoms with van der Waals surface area (Å²) in [6, 6.07) is 4.95. The molecular formula is C19H21F3N2O3. The summed E-state index contributed by atoms with van der Waals surface area (Å²) < 4.78 is 48.3. The molecule has 2 rings (SSSR count). The summed E-state index contributed by atoms with van der Waals surface area (Å²) in [7, 11) is 1.43. The van der Waals surface area contributed by atoms with Crippen LogP contribution < -0.4 is 4.74 Å². The Bertz CT molecular complexity index is 826. The minimum Gasteiger partial charge on any atom is -0.496 e. The molecule has 0 saturated heterocycles. The third-order valence-corrected chi connectivity index (χ3v) is 3.92. The van der Waals surface area contributed by atoms with E-state index < -0.39 is 12.8 Å². The van der Waals surface area contributed by atoms with E-state index in [1.165, 1.54) is 19.4 Å². The van der Waals surface area contributed by atoms with E-state index in [1.807, 2.05) is 13.8 Å². The van der Waals surface area contributed by atoms with Crippen molar-refractivity contribution in [2.75, 3.05) is 13.7 Å². The Kier molecular flexibility index (Phi) is 6.79. The Morgan fingerprint density at radius 3 is 2.67 bits per heavy atom. The van der Waals surface area contributed by atoms with Crippen molar-refractivity contribution in [2.45, 2.75) is 33.2 Å². The van der Waals surface area contributed by atoms with Gasteiger partial charge in [-0.25, -0.2) is 0 Å². The average Bonchev–Trinajstić information content (AvgIpc) is 2.99. The quantitative estimate of drug-likeness (QED) is 0.507. The van der Waals surface area contributed by atoms with E-state index in [4.69, 9.17) is 9.47 Å². The van der Waals surface area contributed by atoms with E-state index in [9.17, 15) is 18.0 Å². The Labute approximate surface area is 155 Å². The largest absolute Gasteiger partial charge is 0.496 e. The van der Waals surface area contributed by atoms with Crippen LogP contribution in [0.25, 0.3) is 6.08 Å². The number of alkyl halides is 3. The number of hydrogen-bond acceptors (Lipinski definition) is 4. The third-order valence-electron chi connectivity index (χ3n) is 3.92. The number of hydrogen-bond donors (Lipinski definition) is 0. The molecule has 0 radical (unpaired) electrons. The van der Waals surface area contributed by atoms with Crippen molar-refractivity contribution in [3.8, 4) is 5.75 Å². The maximum absolute atomic E-state index is 12.3. The van der Waals surface area contributed by atoms with Crippen LogP contribution >= 0.6 is 0 Å². The fraction of sp³-hybridized carbons (Fsp3) is 0.368. The number of carbonyl (C=O) groups excluding carboxylic acids is 1. The predicted octanol–water partition coefficient (Wildman–Crippen LogP) is 4.20. The molecule has 146 valence electrons. The van der Waals surface area contributed by atoms with Crippen molar-refractivity contribution in [2.24, 2.45) is 0 Å². The van der Waals surface area contributed by atoms with Crippen LogP contribution in [0.2, 0.25) is 0 Å². The highest BCUT2D eigenvalue weighted by molar-refractivity contribution is 6.07. The van der Waals surface area contributed by atoms with Gasteiger partial charge >= 0.3 is 6.18 Å². The van der Waals surface area contributed by atoms with Gasteiger partial charge in [0, 0.05) is 17.8 Å². The van der Waals surface area contributed by atoms with Crippen molar-refractivity contribution in [1.82, 2.24) is 9.78 Å². The SMILES string of the molecule is CCn1ncc(C(=O)/C=C/c2ccc(OC)c(COCC(F)(F)F)c2)c1C. The van der Waals surface area contributed by atoms with Gasteiger partial charge in [0.25, 0.3) is 0 Å². The lowest BCUT2D eigenvalue weighted by Gasteiger charge is -2.11. The van der Waals surface area contributed by atoms with Gasteiger partial charge in [0.2, 0.25) is 0 Å². The molecule has 0 atom stereocenters. The molecule has 27 heavy (non-hydrogen) atoms. The zero-order valence-electron chi connectivity index (χ0n) is 15.3. The van der Waals surface area contributed by atoms with Crippen LogP contribution in [-0.4, -0.2) is 35.5 Å². The average molecular weight is 382 g/mol. The molecular weight excluding hydrogens is 361 g/mol. The summed E-state index contributed by atoms with van der Waals surface area (Å²) in [5, 5.41) is 4.14. The Morgan fingerprint density at radius 2 is 2.07 bits per heavy atom. The molecule has 0 spiro atoms. The molecule has 0 saturated carbocycles. The van der Waals surface area contributed by atoms with Crippen LogP contribution in [0, 0.1) is 6.92 Å². The van der Waals surface area contributed by atoms with Crippen molar-refractivity contribution in [3.05, 3.63) is 52.9 Å². The van der Waals surface area contributed by atoms with E-state index in [0.717, 1.165) is 5.69 Å². The number of halogens is 3. The second-order valence-corrected chi connectivity index (χ2v) is 5.84. The van der Waals surface area contributed by atoms with Gasteiger partial charge in [-0.3, -0.25) is 9.48 Å².